The predicted octanol–water partition coefficient (Wildman–Crippen LogP) is 3.53. The van der Waals surface area contributed by atoms with Gasteiger partial charge >= 0.3 is 5.63 Å². The van der Waals surface area contributed by atoms with Gasteiger partial charge in [-0.05, 0) is 31.6 Å². The first kappa shape index (κ1) is 18.3. The second kappa shape index (κ2) is 6.50. The summed E-state index contributed by atoms with van der Waals surface area (Å²) in [6, 6.07) is 10.9. The number of rotatable bonds is 2. The Morgan fingerprint density at radius 3 is 2.52 bits per heavy atom. The minimum absolute atomic E-state index is 0.161. The first-order valence-corrected chi connectivity index (χ1v) is 9.60. The minimum Gasteiger partial charge on any atom is -0.484 e. The van der Waals surface area contributed by atoms with E-state index in [0.29, 0.717) is 30.3 Å². The minimum atomic E-state index is -1.02. The van der Waals surface area contributed by atoms with E-state index in [9.17, 15) is 15.0 Å². The van der Waals surface area contributed by atoms with Gasteiger partial charge in [0.05, 0.1) is 12.2 Å². The van der Waals surface area contributed by atoms with Gasteiger partial charge in [0.2, 0.25) is 0 Å². The number of hydrogen-bond acceptors (Lipinski definition) is 5. The van der Waals surface area contributed by atoms with Crippen LogP contribution in [0, 0.1) is 17.8 Å². The first-order valence-electron chi connectivity index (χ1n) is 9.60. The Morgan fingerprint density at radius 1 is 1.15 bits per heavy atom. The highest BCUT2D eigenvalue weighted by atomic mass is 16.5. The number of ether oxygens (including phenoxy) is 1. The third kappa shape index (κ3) is 2.89. The van der Waals surface area contributed by atoms with Gasteiger partial charge in [0.15, 0.2) is 0 Å². The normalized spacial score (nSPS) is 32.5. The lowest BCUT2D eigenvalue weighted by molar-refractivity contribution is -0.168. The Labute approximate surface area is 158 Å². The molecule has 4 rings (SSSR count). The van der Waals surface area contributed by atoms with Crippen LogP contribution in [0.15, 0.2) is 45.6 Å². The van der Waals surface area contributed by atoms with E-state index in [1.807, 2.05) is 37.3 Å². The van der Waals surface area contributed by atoms with Gasteiger partial charge in [0.25, 0.3) is 0 Å². The van der Waals surface area contributed by atoms with Crippen molar-refractivity contribution in [2.45, 2.75) is 51.4 Å². The van der Waals surface area contributed by atoms with Gasteiger partial charge in [-0.15, -0.1) is 0 Å². The first-order chi connectivity index (χ1) is 12.8. The molecule has 1 aromatic carbocycles. The molecule has 1 aliphatic heterocycles. The largest absolute Gasteiger partial charge is 0.484 e. The maximum Gasteiger partial charge on any atom is 0.345 e. The molecule has 2 heterocycles. The molecule has 0 bridgehead atoms. The number of fused-ring (bicyclic) bond motifs is 2. The van der Waals surface area contributed by atoms with Crippen molar-refractivity contribution in [3.8, 4) is 17.1 Å². The molecule has 0 spiro atoms. The molecular formula is C22H26O5. The Hall–Kier alpha value is -2.11. The molecule has 1 fully saturated rings. The summed E-state index contributed by atoms with van der Waals surface area (Å²) in [6.45, 7) is 6.07. The molecule has 1 aliphatic carbocycles. The van der Waals surface area contributed by atoms with Crippen molar-refractivity contribution >= 4 is 0 Å². The molecule has 5 atom stereocenters. The van der Waals surface area contributed by atoms with E-state index < -0.39 is 23.4 Å². The fraction of sp³-hybridized carbons (Fsp3) is 0.500. The molecule has 0 radical (unpaired) electrons. The molecule has 2 N–H and O–H groups in total. The Balaban J connectivity index is 1.80. The van der Waals surface area contributed by atoms with Crippen molar-refractivity contribution < 1.29 is 19.4 Å². The molecule has 5 heteroatoms. The van der Waals surface area contributed by atoms with Crippen molar-refractivity contribution in [2.75, 3.05) is 0 Å². The van der Waals surface area contributed by atoms with Gasteiger partial charge in [-0.25, -0.2) is 4.79 Å². The van der Waals surface area contributed by atoms with Gasteiger partial charge in [-0.1, -0.05) is 44.2 Å². The molecule has 27 heavy (non-hydrogen) atoms. The van der Waals surface area contributed by atoms with Crippen LogP contribution in [-0.4, -0.2) is 21.9 Å². The topological polar surface area (TPSA) is 79.9 Å². The van der Waals surface area contributed by atoms with Crippen LogP contribution >= 0.6 is 0 Å². The summed E-state index contributed by atoms with van der Waals surface area (Å²) in [5.41, 5.74) is -0.595. The summed E-state index contributed by atoms with van der Waals surface area (Å²) in [5.74, 6) is 0.993. The lowest BCUT2D eigenvalue weighted by atomic mass is 9.63. The quantitative estimate of drug-likeness (QED) is 0.845. The van der Waals surface area contributed by atoms with Crippen molar-refractivity contribution in [1.82, 2.24) is 0 Å². The van der Waals surface area contributed by atoms with E-state index in [1.54, 1.807) is 6.07 Å². The molecule has 5 nitrogen and oxygen atoms in total. The molecule has 1 saturated carbocycles. The molecule has 144 valence electrons. The van der Waals surface area contributed by atoms with Crippen LogP contribution in [0.2, 0.25) is 0 Å². The van der Waals surface area contributed by atoms with Crippen LogP contribution in [0.4, 0.5) is 0 Å². The summed E-state index contributed by atoms with van der Waals surface area (Å²) in [6.07, 6.45) is -0.402. The molecule has 0 amide bonds. The van der Waals surface area contributed by atoms with Crippen LogP contribution in [0.5, 0.6) is 5.75 Å². The number of aliphatic hydroxyl groups is 2. The third-order valence-electron chi connectivity index (χ3n) is 6.44. The number of aliphatic hydroxyl groups excluding tert-OH is 2. The van der Waals surface area contributed by atoms with Gasteiger partial charge < -0.3 is 19.4 Å². The zero-order valence-electron chi connectivity index (χ0n) is 15.9. The lowest BCUT2D eigenvalue weighted by Crippen LogP contribution is -2.60. The fourth-order valence-corrected chi connectivity index (χ4v) is 4.57. The Kier molecular flexibility index (Phi) is 4.40. The zero-order valence-corrected chi connectivity index (χ0v) is 15.9. The number of benzene rings is 1. The van der Waals surface area contributed by atoms with Crippen molar-refractivity contribution in [2.24, 2.45) is 17.8 Å². The average molecular weight is 370 g/mol. The maximum absolute atomic E-state index is 12.7. The second-order valence-corrected chi connectivity index (χ2v) is 8.37. The van der Waals surface area contributed by atoms with Crippen LogP contribution < -0.4 is 10.4 Å². The van der Waals surface area contributed by atoms with E-state index in [-0.39, 0.29) is 17.4 Å². The van der Waals surface area contributed by atoms with Gasteiger partial charge in [-0.3, -0.25) is 0 Å². The standard InChI is InChI=1S/C22H26O5/c1-12(2)14-9-15-20(24)19-17(27-22(15,3)18(23)10-14)11-16(26-21(19)25)13-7-5-4-6-8-13/h4-8,11-12,14-15,18,20,23-24H,9-10H2,1-3H3/t14-,15-,18-,20-,22-/m0/s1. The molecule has 1 aromatic heterocycles. The summed E-state index contributed by atoms with van der Waals surface area (Å²) >= 11 is 0. The summed E-state index contributed by atoms with van der Waals surface area (Å²) in [7, 11) is 0. The summed E-state index contributed by atoms with van der Waals surface area (Å²) in [5, 5.41) is 21.9. The van der Waals surface area contributed by atoms with Crippen LogP contribution in [0.3, 0.4) is 0 Å². The summed E-state index contributed by atoms with van der Waals surface area (Å²) in [4.78, 5) is 12.7. The summed E-state index contributed by atoms with van der Waals surface area (Å²) < 4.78 is 11.7. The van der Waals surface area contributed by atoms with E-state index in [1.165, 1.54) is 0 Å². The highest BCUT2D eigenvalue weighted by Gasteiger charge is 2.55. The fourth-order valence-electron chi connectivity index (χ4n) is 4.57. The van der Waals surface area contributed by atoms with Gasteiger partial charge in [0.1, 0.15) is 22.7 Å². The van der Waals surface area contributed by atoms with Gasteiger partial charge in [0, 0.05) is 17.5 Å². The third-order valence-corrected chi connectivity index (χ3v) is 6.44. The predicted molar refractivity (Wildman–Crippen MR) is 101 cm³/mol. The van der Waals surface area contributed by atoms with Crippen molar-refractivity contribution in [1.29, 1.82) is 0 Å². The SMILES string of the molecule is CC(C)[C@@H]1C[C@H](O)[C@@]2(C)Oc3cc(-c4ccccc4)oc(=O)c3[C@@H](O)[C@@H]2C1. The van der Waals surface area contributed by atoms with E-state index in [2.05, 4.69) is 13.8 Å². The molecule has 2 aliphatic rings. The molecule has 2 aromatic rings. The van der Waals surface area contributed by atoms with E-state index in [4.69, 9.17) is 9.15 Å². The smallest absolute Gasteiger partial charge is 0.345 e. The highest BCUT2D eigenvalue weighted by Crippen LogP contribution is 2.52. The van der Waals surface area contributed by atoms with Crippen molar-refractivity contribution in [3.63, 3.8) is 0 Å². The van der Waals surface area contributed by atoms with E-state index >= 15 is 0 Å². The van der Waals surface area contributed by atoms with Gasteiger partial charge in [-0.2, -0.15) is 0 Å². The Bertz CT molecular complexity index is 887. The lowest BCUT2D eigenvalue weighted by Gasteiger charge is -2.52. The maximum atomic E-state index is 12.7. The van der Waals surface area contributed by atoms with Crippen LogP contribution in [-0.2, 0) is 0 Å². The van der Waals surface area contributed by atoms with Crippen LogP contribution in [0.25, 0.3) is 11.3 Å². The zero-order chi connectivity index (χ0) is 19.3. The second-order valence-electron chi connectivity index (χ2n) is 8.37. The van der Waals surface area contributed by atoms with Crippen molar-refractivity contribution in [3.05, 3.63) is 52.4 Å². The monoisotopic (exact) mass is 370 g/mol. The number of hydrogen-bond donors (Lipinski definition) is 2. The van der Waals surface area contributed by atoms with Crippen LogP contribution in [0.1, 0.15) is 45.3 Å². The molecule has 0 unspecified atom stereocenters. The highest BCUT2D eigenvalue weighted by molar-refractivity contribution is 5.59. The van der Waals surface area contributed by atoms with E-state index in [0.717, 1.165) is 5.56 Å². The Morgan fingerprint density at radius 2 is 1.85 bits per heavy atom. The molecular weight excluding hydrogens is 344 g/mol. The average Bonchev–Trinajstić information content (AvgIpc) is 2.63. The molecule has 0 saturated heterocycles.